The van der Waals surface area contributed by atoms with Crippen molar-refractivity contribution >= 4 is 34.0 Å². The van der Waals surface area contributed by atoms with E-state index in [1.807, 2.05) is 30.9 Å². The van der Waals surface area contributed by atoms with Gasteiger partial charge in [0.05, 0.1) is 4.90 Å². The van der Waals surface area contributed by atoms with Crippen molar-refractivity contribution in [3.8, 4) is 0 Å². The van der Waals surface area contributed by atoms with E-state index in [1.54, 1.807) is 24.3 Å². The fraction of sp³-hybridized carbons (Fsp3) is 0.381. The molecule has 2 N–H and O–H groups in total. The zero-order valence-electron chi connectivity index (χ0n) is 16.5. The van der Waals surface area contributed by atoms with Gasteiger partial charge in [0.15, 0.2) is 0 Å². The van der Waals surface area contributed by atoms with Gasteiger partial charge in [-0.15, -0.1) is 12.4 Å². The van der Waals surface area contributed by atoms with Crippen LogP contribution in [0.2, 0.25) is 0 Å². The largest absolute Gasteiger partial charge is 0.338 e. The van der Waals surface area contributed by atoms with Gasteiger partial charge in [0.25, 0.3) is 15.9 Å². The van der Waals surface area contributed by atoms with Crippen molar-refractivity contribution in [2.45, 2.75) is 18.7 Å². The summed E-state index contributed by atoms with van der Waals surface area (Å²) in [6.45, 7) is 7.14. The minimum atomic E-state index is -3.77. The number of nitrogens with zero attached hydrogens (tertiary/aromatic N) is 1. The Kier molecular flexibility index (Phi) is 6.22. The van der Waals surface area contributed by atoms with Gasteiger partial charge in [-0.1, -0.05) is 23.8 Å². The van der Waals surface area contributed by atoms with E-state index in [-0.39, 0.29) is 23.2 Å². The highest BCUT2D eigenvalue weighted by Gasteiger charge is 2.38. The molecule has 2 aromatic rings. The van der Waals surface area contributed by atoms with Gasteiger partial charge in [-0.2, -0.15) is 0 Å². The molecule has 0 bridgehead atoms. The number of fused-ring (bicyclic) bond motifs is 1. The lowest BCUT2D eigenvalue weighted by Gasteiger charge is -2.19. The highest BCUT2D eigenvalue weighted by Crippen LogP contribution is 2.29. The van der Waals surface area contributed by atoms with Crippen molar-refractivity contribution in [3.05, 3.63) is 59.2 Å². The van der Waals surface area contributed by atoms with Gasteiger partial charge in [0.2, 0.25) is 0 Å². The highest BCUT2D eigenvalue weighted by molar-refractivity contribution is 7.92. The first-order valence-corrected chi connectivity index (χ1v) is 11.0. The number of sulfonamides is 1. The third-order valence-corrected chi connectivity index (χ3v) is 7.11. The molecule has 2 aliphatic rings. The van der Waals surface area contributed by atoms with E-state index in [0.29, 0.717) is 23.1 Å². The number of aryl methyl sites for hydroxylation is 2. The van der Waals surface area contributed by atoms with E-state index >= 15 is 0 Å². The molecule has 156 valence electrons. The van der Waals surface area contributed by atoms with Crippen LogP contribution in [0.4, 0.5) is 5.69 Å². The maximum Gasteiger partial charge on any atom is 0.261 e. The van der Waals surface area contributed by atoms with Gasteiger partial charge in [-0.3, -0.25) is 9.52 Å². The lowest BCUT2D eigenvalue weighted by atomic mass is 10.0. The molecular formula is C21H26ClN3O3S. The number of anilines is 1. The minimum absolute atomic E-state index is 0. The Balaban J connectivity index is 0.00000240. The molecule has 2 saturated heterocycles. The van der Waals surface area contributed by atoms with Crippen LogP contribution in [0.5, 0.6) is 0 Å². The van der Waals surface area contributed by atoms with Crippen LogP contribution in [0.1, 0.15) is 21.5 Å². The SMILES string of the molecule is Cc1ccc(NS(=O)(=O)c2ccc(C)c(C(=O)N3C[C@H]4CNC[C@H]4C3)c2)cc1.Cl. The number of nitrogens with one attached hydrogen (secondary N) is 2. The van der Waals surface area contributed by atoms with Crippen LogP contribution in [0.15, 0.2) is 47.4 Å². The monoisotopic (exact) mass is 435 g/mol. The van der Waals surface area contributed by atoms with Crippen LogP contribution >= 0.6 is 12.4 Å². The molecular weight excluding hydrogens is 410 g/mol. The number of halogens is 1. The number of carbonyl (C=O) groups is 1. The summed E-state index contributed by atoms with van der Waals surface area (Å²) in [6, 6.07) is 11.9. The smallest absolute Gasteiger partial charge is 0.261 e. The summed E-state index contributed by atoms with van der Waals surface area (Å²) < 4.78 is 28.2. The van der Waals surface area contributed by atoms with Crippen LogP contribution < -0.4 is 10.0 Å². The van der Waals surface area contributed by atoms with E-state index < -0.39 is 10.0 Å². The predicted octanol–water partition coefficient (Wildman–Crippen LogP) is 2.82. The van der Waals surface area contributed by atoms with Gasteiger partial charge in [0.1, 0.15) is 0 Å². The number of amides is 1. The minimum Gasteiger partial charge on any atom is -0.338 e. The van der Waals surface area contributed by atoms with Crippen molar-refractivity contribution < 1.29 is 13.2 Å². The first-order chi connectivity index (χ1) is 13.3. The van der Waals surface area contributed by atoms with E-state index in [2.05, 4.69) is 10.0 Å². The number of hydrogen-bond acceptors (Lipinski definition) is 4. The fourth-order valence-corrected chi connectivity index (χ4v) is 5.11. The van der Waals surface area contributed by atoms with Crippen LogP contribution in [0.25, 0.3) is 0 Å². The first kappa shape index (κ1) is 21.6. The normalized spacial score (nSPS) is 20.8. The molecule has 8 heteroatoms. The van der Waals surface area contributed by atoms with Gasteiger partial charge in [0, 0.05) is 37.4 Å². The second kappa shape index (κ2) is 8.34. The van der Waals surface area contributed by atoms with Crippen LogP contribution in [0.3, 0.4) is 0 Å². The lowest BCUT2D eigenvalue weighted by Crippen LogP contribution is -2.32. The van der Waals surface area contributed by atoms with E-state index in [9.17, 15) is 13.2 Å². The van der Waals surface area contributed by atoms with Crippen molar-refractivity contribution in [2.75, 3.05) is 30.9 Å². The fourth-order valence-electron chi connectivity index (χ4n) is 4.03. The molecule has 2 heterocycles. The summed E-state index contributed by atoms with van der Waals surface area (Å²) in [5, 5.41) is 3.36. The zero-order chi connectivity index (χ0) is 19.9. The number of carbonyl (C=O) groups excluding carboxylic acids is 1. The lowest BCUT2D eigenvalue weighted by molar-refractivity contribution is 0.0780. The Morgan fingerprint density at radius 3 is 2.28 bits per heavy atom. The number of benzene rings is 2. The quantitative estimate of drug-likeness (QED) is 0.774. The average molecular weight is 436 g/mol. The van der Waals surface area contributed by atoms with E-state index in [0.717, 1.165) is 37.3 Å². The van der Waals surface area contributed by atoms with Crippen LogP contribution in [0, 0.1) is 25.7 Å². The summed E-state index contributed by atoms with van der Waals surface area (Å²) in [4.78, 5) is 15.0. The standard InChI is InChI=1S/C21H25N3O3S.ClH/c1-14-3-6-18(7-4-14)23-28(26,27)19-8-5-15(2)20(9-19)21(25)24-12-16-10-22-11-17(16)13-24;/h3-9,16-17,22-23H,10-13H2,1-2H3;1H/t16-,17+;. The maximum atomic E-state index is 13.1. The Bertz CT molecular complexity index is 996. The van der Waals surface area contributed by atoms with Gasteiger partial charge >= 0.3 is 0 Å². The Labute approximate surface area is 178 Å². The number of hydrogen-bond donors (Lipinski definition) is 2. The highest BCUT2D eigenvalue weighted by atomic mass is 35.5. The van der Waals surface area contributed by atoms with E-state index in [4.69, 9.17) is 0 Å². The molecule has 2 aromatic carbocycles. The molecule has 0 aromatic heterocycles. The summed E-state index contributed by atoms with van der Waals surface area (Å²) in [5.74, 6) is 0.915. The molecule has 6 nitrogen and oxygen atoms in total. The predicted molar refractivity (Wildman–Crippen MR) is 116 cm³/mol. The van der Waals surface area contributed by atoms with Crippen LogP contribution in [-0.4, -0.2) is 45.4 Å². The molecule has 0 unspecified atom stereocenters. The number of rotatable bonds is 4. The second-order valence-electron chi connectivity index (χ2n) is 7.84. The van der Waals surface area contributed by atoms with Crippen molar-refractivity contribution in [2.24, 2.45) is 11.8 Å². The summed E-state index contributed by atoms with van der Waals surface area (Å²) >= 11 is 0. The Morgan fingerprint density at radius 1 is 1.03 bits per heavy atom. The van der Waals surface area contributed by atoms with Crippen molar-refractivity contribution in [1.82, 2.24) is 10.2 Å². The van der Waals surface area contributed by atoms with Crippen LogP contribution in [-0.2, 0) is 10.0 Å². The third-order valence-electron chi connectivity index (χ3n) is 5.73. The van der Waals surface area contributed by atoms with Gasteiger partial charge in [-0.25, -0.2) is 8.42 Å². The van der Waals surface area contributed by atoms with Crippen molar-refractivity contribution in [1.29, 1.82) is 0 Å². The summed E-state index contributed by atoms with van der Waals surface area (Å²) in [7, 11) is -3.77. The Morgan fingerprint density at radius 2 is 1.66 bits per heavy atom. The Hall–Kier alpha value is -2.09. The molecule has 2 aliphatic heterocycles. The van der Waals surface area contributed by atoms with Gasteiger partial charge < -0.3 is 10.2 Å². The van der Waals surface area contributed by atoms with Crippen molar-refractivity contribution in [3.63, 3.8) is 0 Å². The molecule has 29 heavy (non-hydrogen) atoms. The molecule has 0 radical (unpaired) electrons. The second-order valence-corrected chi connectivity index (χ2v) is 9.52. The zero-order valence-corrected chi connectivity index (χ0v) is 18.1. The average Bonchev–Trinajstić information content (AvgIpc) is 3.25. The molecule has 2 atom stereocenters. The van der Waals surface area contributed by atoms with E-state index in [1.165, 1.54) is 6.07 Å². The summed E-state index contributed by atoms with van der Waals surface area (Å²) in [6.07, 6.45) is 0. The molecule has 2 fully saturated rings. The topological polar surface area (TPSA) is 78.5 Å². The molecule has 0 aliphatic carbocycles. The van der Waals surface area contributed by atoms with Gasteiger partial charge in [-0.05, 0) is 55.5 Å². The maximum absolute atomic E-state index is 13.1. The molecule has 0 saturated carbocycles. The number of likely N-dealkylation sites (tertiary alicyclic amines) is 1. The molecule has 0 spiro atoms. The molecule has 4 rings (SSSR count). The molecule has 1 amide bonds. The third kappa shape index (κ3) is 4.42. The summed E-state index contributed by atoms with van der Waals surface area (Å²) in [5.41, 5.74) is 2.80. The first-order valence-electron chi connectivity index (χ1n) is 9.53.